The Hall–Kier alpha value is -1.08. The van der Waals surface area contributed by atoms with Gasteiger partial charge in [0.25, 0.3) is 0 Å². The van der Waals surface area contributed by atoms with Gasteiger partial charge in [0.05, 0.1) is 13.0 Å². The molecule has 0 aliphatic carbocycles. The molecule has 0 bridgehead atoms. The average Bonchev–Trinajstić information content (AvgIpc) is 2.87. The highest BCUT2D eigenvalue weighted by Crippen LogP contribution is 2.22. The zero-order valence-electron chi connectivity index (χ0n) is 11.7. The van der Waals surface area contributed by atoms with Crippen LogP contribution < -0.4 is 5.32 Å². The number of rotatable bonds is 5. The average molecular weight is 320 g/mol. The number of amides is 1. The highest BCUT2D eigenvalue weighted by molar-refractivity contribution is 7.07. The third-order valence-corrected chi connectivity index (χ3v) is 4.27. The molecule has 1 saturated heterocycles. The first-order valence-corrected chi connectivity index (χ1v) is 7.93. The molecule has 1 fully saturated rings. The van der Waals surface area contributed by atoms with Crippen molar-refractivity contribution in [1.29, 1.82) is 0 Å². The maximum absolute atomic E-state index is 12.4. The molecule has 3 nitrogen and oxygen atoms in total. The number of hydrogen-bond acceptors (Lipinski definition) is 3. The van der Waals surface area contributed by atoms with Crippen molar-refractivity contribution in [1.82, 2.24) is 10.2 Å². The van der Waals surface area contributed by atoms with Gasteiger partial charge in [-0.25, -0.2) is 0 Å². The summed E-state index contributed by atoms with van der Waals surface area (Å²) in [5.74, 6) is 0.0360. The summed E-state index contributed by atoms with van der Waals surface area (Å²) in [7, 11) is 0. The second-order valence-electron chi connectivity index (χ2n) is 5.47. The van der Waals surface area contributed by atoms with E-state index in [1.165, 1.54) is 4.90 Å². The normalized spacial score (nSPS) is 20.4. The number of hydrogen-bond donors (Lipinski definition) is 1. The summed E-state index contributed by atoms with van der Waals surface area (Å²) in [6.07, 6.45) is -2.19. The summed E-state index contributed by atoms with van der Waals surface area (Å²) >= 11 is 1.54. The quantitative estimate of drug-likeness (QED) is 0.905. The maximum Gasteiger partial charge on any atom is 0.401 e. The number of likely N-dealkylation sites (tertiary alicyclic amines) is 1. The Balaban J connectivity index is 1.71. The number of carbonyl (C=O) groups excluding carboxylic acids is 1. The molecule has 21 heavy (non-hydrogen) atoms. The largest absolute Gasteiger partial charge is 0.401 e. The third-order valence-electron chi connectivity index (χ3n) is 3.54. The van der Waals surface area contributed by atoms with E-state index in [1.54, 1.807) is 11.3 Å². The van der Waals surface area contributed by atoms with E-state index < -0.39 is 12.7 Å². The van der Waals surface area contributed by atoms with Gasteiger partial charge >= 0.3 is 6.18 Å². The van der Waals surface area contributed by atoms with Crippen LogP contribution in [0, 0.1) is 5.92 Å². The zero-order valence-corrected chi connectivity index (χ0v) is 12.5. The molecule has 1 amide bonds. The first-order chi connectivity index (χ1) is 9.92. The number of halogens is 3. The van der Waals surface area contributed by atoms with Crippen LogP contribution >= 0.6 is 11.3 Å². The molecule has 2 heterocycles. The van der Waals surface area contributed by atoms with Gasteiger partial charge in [0.15, 0.2) is 0 Å². The van der Waals surface area contributed by atoms with Crippen molar-refractivity contribution >= 4 is 17.2 Å². The van der Waals surface area contributed by atoms with E-state index in [9.17, 15) is 18.0 Å². The van der Waals surface area contributed by atoms with Gasteiger partial charge in [-0.3, -0.25) is 9.69 Å². The lowest BCUT2D eigenvalue weighted by Gasteiger charge is -2.33. The molecule has 2 rings (SSSR count). The Morgan fingerprint density at radius 1 is 1.48 bits per heavy atom. The van der Waals surface area contributed by atoms with E-state index in [-0.39, 0.29) is 11.8 Å². The van der Waals surface area contributed by atoms with Crippen molar-refractivity contribution in [3.63, 3.8) is 0 Å². The third kappa shape index (κ3) is 6.05. The van der Waals surface area contributed by atoms with Crippen LogP contribution in [0.3, 0.4) is 0 Å². The number of nitrogens with zero attached hydrogens (tertiary/aromatic N) is 1. The number of carbonyl (C=O) groups is 1. The van der Waals surface area contributed by atoms with Crippen molar-refractivity contribution in [3.05, 3.63) is 22.4 Å². The van der Waals surface area contributed by atoms with Crippen molar-refractivity contribution in [2.45, 2.75) is 25.4 Å². The van der Waals surface area contributed by atoms with Crippen LogP contribution in [0.5, 0.6) is 0 Å². The molecule has 1 aliphatic rings. The molecule has 1 aliphatic heterocycles. The topological polar surface area (TPSA) is 32.3 Å². The Morgan fingerprint density at radius 3 is 2.95 bits per heavy atom. The molecule has 1 aromatic rings. The fourth-order valence-corrected chi connectivity index (χ4v) is 3.28. The standard InChI is InChI=1S/C14H19F3N2OS/c15-14(16,17)10-19-4-1-2-12(8-19)7-18-13(20)6-11-3-5-21-9-11/h3,5,9,12H,1-2,4,6-8,10H2,(H,18,20). The van der Waals surface area contributed by atoms with Crippen molar-refractivity contribution < 1.29 is 18.0 Å². The molecule has 0 saturated carbocycles. The van der Waals surface area contributed by atoms with Gasteiger partial charge in [-0.05, 0) is 47.7 Å². The smallest absolute Gasteiger partial charge is 0.355 e. The van der Waals surface area contributed by atoms with Crippen LogP contribution in [0.1, 0.15) is 18.4 Å². The minimum absolute atomic E-state index is 0.0682. The highest BCUT2D eigenvalue weighted by Gasteiger charge is 2.32. The summed E-state index contributed by atoms with van der Waals surface area (Å²) < 4.78 is 37.1. The molecule has 118 valence electrons. The van der Waals surface area contributed by atoms with Gasteiger partial charge in [0.1, 0.15) is 0 Å². The first-order valence-electron chi connectivity index (χ1n) is 6.99. The second-order valence-corrected chi connectivity index (χ2v) is 6.25. The molecule has 1 atom stereocenters. The van der Waals surface area contributed by atoms with Gasteiger partial charge in [-0.15, -0.1) is 0 Å². The summed E-state index contributed by atoms with van der Waals surface area (Å²) in [5.41, 5.74) is 0.972. The van der Waals surface area contributed by atoms with Crippen molar-refractivity contribution in [2.24, 2.45) is 5.92 Å². The van der Waals surface area contributed by atoms with Crippen LogP contribution in [0.25, 0.3) is 0 Å². The predicted molar refractivity (Wildman–Crippen MR) is 76.3 cm³/mol. The molecule has 0 aromatic carbocycles. The lowest BCUT2D eigenvalue weighted by Crippen LogP contribution is -2.44. The van der Waals surface area contributed by atoms with E-state index in [4.69, 9.17) is 0 Å². The maximum atomic E-state index is 12.4. The summed E-state index contributed by atoms with van der Waals surface area (Å²) in [5, 5.41) is 6.67. The van der Waals surface area contributed by atoms with Crippen LogP contribution in [0.2, 0.25) is 0 Å². The lowest BCUT2D eigenvalue weighted by molar-refractivity contribution is -0.149. The Bertz CT molecular complexity index is 448. The van der Waals surface area contributed by atoms with Crippen LogP contribution in [0.4, 0.5) is 13.2 Å². The summed E-state index contributed by atoms with van der Waals surface area (Å²) in [6.45, 7) is 0.487. The van der Waals surface area contributed by atoms with Gasteiger partial charge in [-0.1, -0.05) is 0 Å². The molecule has 1 N–H and O–H groups in total. The molecule has 0 radical (unpaired) electrons. The van der Waals surface area contributed by atoms with Gasteiger partial charge in [-0.2, -0.15) is 24.5 Å². The number of piperidine rings is 1. The Kier molecular flexibility index (Phi) is 5.64. The van der Waals surface area contributed by atoms with Crippen LogP contribution in [-0.2, 0) is 11.2 Å². The van der Waals surface area contributed by atoms with Gasteiger partial charge in [0, 0.05) is 13.1 Å². The number of thiophene rings is 1. The number of nitrogens with one attached hydrogen (secondary N) is 1. The van der Waals surface area contributed by atoms with E-state index in [1.807, 2.05) is 16.8 Å². The monoisotopic (exact) mass is 320 g/mol. The fourth-order valence-electron chi connectivity index (χ4n) is 2.61. The molecular weight excluding hydrogens is 301 g/mol. The molecule has 1 unspecified atom stereocenters. The fraction of sp³-hybridized carbons (Fsp3) is 0.643. The van der Waals surface area contributed by atoms with Crippen LogP contribution in [-0.4, -0.2) is 43.2 Å². The highest BCUT2D eigenvalue weighted by atomic mass is 32.1. The second kappa shape index (κ2) is 7.26. The number of alkyl halides is 3. The Labute approximate surface area is 126 Å². The minimum Gasteiger partial charge on any atom is -0.355 e. The minimum atomic E-state index is -4.15. The predicted octanol–water partition coefficient (Wildman–Crippen LogP) is 2.68. The van der Waals surface area contributed by atoms with Gasteiger partial charge in [0.2, 0.25) is 5.91 Å². The van der Waals surface area contributed by atoms with Gasteiger partial charge < -0.3 is 5.32 Å². The zero-order chi connectivity index (χ0) is 15.3. The lowest BCUT2D eigenvalue weighted by atomic mass is 9.98. The van der Waals surface area contributed by atoms with Crippen molar-refractivity contribution in [3.8, 4) is 0 Å². The first kappa shape index (κ1) is 16.3. The summed E-state index contributed by atoms with van der Waals surface area (Å²) in [4.78, 5) is 13.2. The molecule has 1 aromatic heterocycles. The summed E-state index contributed by atoms with van der Waals surface area (Å²) in [6, 6.07) is 1.90. The molecular formula is C14H19F3N2OS. The molecule has 0 spiro atoms. The van der Waals surface area contributed by atoms with Crippen molar-refractivity contribution in [2.75, 3.05) is 26.2 Å². The molecule has 7 heteroatoms. The van der Waals surface area contributed by atoms with Crippen LogP contribution in [0.15, 0.2) is 16.8 Å². The van der Waals surface area contributed by atoms with E-state index >= 15 is 0 Å². The SMILES string of the molecule is O=C(Cc1ccsc1)NCC1CCCN(CC(F)(F)F)C1. The van der Waals surface area contributed by atoms with E-state index in [0.717, 1.165) is 18.4 Å². The van der Waals surface area contributed by atoms with E-state index in [2.05, 4.69) is 5.32 Å². The Morgan fingerprint density at radius 2 is 2.29 bits per heavy atom. The van der Waals surface area contributed by atoms with E-state index in [0.29, 0.717) is 26.1 Å².